The standard InChI is InChI=1S/C17H15ClN4O2/c1-11-7-12(18)4-5-14(11)22-17(23)15-8-16(21-10-20-15)19-9-13-3-2-6-24-13/h2-8,10H,9H2,1H3,(H,22,23)(H,19,20,21). The lowest BCUT2D eigenvalue weighted by Gasteiger charge is -2.09. The maximum absolute atomic E-state index is 12.4. The molecule has 6 nitrogen and oxygen atoms in total. The second-order valence-electron chi connectivity index (χ2n) is 5.13. The maximum Gasteiger partial charge on any atom is 0.274 e. The van der Waals surface area contributed by atoms with Gasteiger partial charge in [-0.1, -0.05) is 11.6 Å². The van der Waals surface area contributed by atoms with Crippen LogP contribution in [0.25, 0.3) is 0 Å². The number of carbonyl (C=O) groups is 1. The molecule has 0 radical (unpaired) electrons. The Balaban J connectivity index is 1.69. The lowest BCUT2D eigenvalue weighted by atomic mass is 10.2. The molecule has 0 unspecified atom stereocenters. The fourth-order valence-electron chi connectivity index (χ4n) is 2.12. The minimum absolute atomic E-state index is 0.265. The van der Waals surface area contributed by atoms with Gasteiger partial charge in [-0.25, -0.2) is 9.97 Å². The number of carbonyl (C=O) groups excluding carboxylic acids is 1. The van der Waals surface area contributed by atoms with Crippen LogP contribution in [0.15, 0.2) is 53.4 Å². The summed E-state index contributed by atoms with van der Waals surface area (Å²) in [4.78, 5) is 20.5. The van der Waals surface area contributed by atoms with E-state index in [1.807, 2.05) is 19.1 Å². The van der Waals surface area contributed by atoms with Gasteiger partial charge in [0.25, 0.3) is 5.91 Å². The first-order valence-corrected chi connectivity index (χ1v) is 7.65. The van der Waals surface area contributed by atoms with Crippen molar-refractivity contribution in [1.29, 1.82) is 0 Å². The molecule has 2 aromatic heterocycles. The zero-order valence-corrected chi connectivity index (χ0v) is 13.7. The van der Waals surface area contributed by atoms with Gasteiger partial charge in [0, 0.05) is 16.8 Å². The molecule has 0 aliphatic carbocycles. The molecule has 2 heterocycles. The molecule has 7 heteroatoms. The predicted molar refractivity (Wildman–Crippen MR) is 92.2 cm³/mol. The molecule has 3 rings (SSSR count). The first-order chi connectivity index (χ1) is 11.6. The molecule has 0 aliphatic rings. The Bertz CT molecular complexity index is 850. The van der Waals surface area contributed by atoms with Crippen molar-refractivity contribution in [2.75, 3.05) is 10.6 Å². The minimum atomic E-state index is -0.316. The van der Waals surface area contributed by atoms with E-state index in [2.05, 4.69) is 20.6 Å². The van der Waals surface area contributed by atoms with Crippen LogP contribution in [0.3, 0.4) is 0 Å². The lowest BCUT2D eigenvalue weighted by Crippen LogP contribution is -2.15. The minimum Gasteiger partial charge on any atom is -0.467 e. The van der Waals surface area contributed by atoms with Crippen molar-refractivity contribution in [1.82, 2.24) is 9.97 Å². The summed E-state index contributed by atoms with van der Waals surface area (Å²) < 4.78 is 5.24. The average molecular weight is 343 g/mol. The van der Waals surface area contributed by atoms with Crippen LogP contribution in [-0.4, -0.2) is 15.9 Å². The number of aryl methyl sites for hydroxylation is 1. The Morgan fingerprint density at radius 2 is 2.12 bits per heavy atom. The van der Waals surface area contributed by atoms with Gasteiger partial charge in [-0.05, 0) is 42.8 Å². The average Bonchev–Trinajstić information content (AvgIpc) is 3.09. The number of halogens is 1. The molecule has 3 aromatic rings. The molecule has 0 aliphatic heterocycles. The van der Waals surface area contributed by atoms with E-state index in [-0.39, 0.29) is 11.6 Å². The van der Waals surface area contributed by atoms with Gasteiger partial charge in [0.05, 0.1) is 12.8 Å². The number of hydrogen-bond donors (Lipinski definition) is 2. The normalized spacial score (nSPS) is 10.4. The maximum atomic E-state index is 12.4. The number of anilines is 2. The van der Waals surface area contributed by atoms with E-state index in [9.17, 15) is 4.79 Å². The van der Waals surface area contributed by atoms with Crippen molar-refractivity contribution in [3.05, 3.63) is 71.0 Å². The first kappa shape index (κ1) is 16.0. The number of amides is 1. The summed E-state index contributed by atoms with van der Waals surface area (Å²) in [7, 11) is 0. The Labute approximate surface area is 143 Å². The van der Waals surface area contributed by atoms with Crippen LogP contribution >= 0.6 is 11.6 Å². The van der Waals surface area contributed by atoms with Crippen molar-refractivity contribution in [3.63, 3.8) is 0 Å². The molecule has 24 heavy (non-hydrogen) atoms. The molecule has 122 valence electrons. The first-order valence-electron chi connectivity index (χ1n) is 7.27. The van der Waals surface area contributed by atoms with Gasteiger partial charge in [0.1, 0.15) is 23.6 Å². The molecule has 1 amide bonds. The van der Waals surface area contributed by atoms with Gasteiger partial charge < -0.3 is 15.1 Å². The van der Waals surface area contributed by atoms with Crippen LogP contribution in [-0.2, 0) is 6.54 Å². The molecular weight excluding hydrogens is 328 g/mol. The van der Waals surface area contributed by atoms with Crippen LogP contribution in [0.4, 0.5) is 11.5 Å². The van der Waals surface area contributed by atoms with E-state index in [1.54, 1.807) is 30.5 Å². The number of furan rings is 1. The molecule has 0 saturated heterocycles. The van der Waals surface area contributed by atoms with Crippen molar-refractivity contribution >= 4 is 29.0 Å². The molecule has 0 saturated carbocycles. The highest BCUT2D eigenvalue weighted by Crippen LogP contribution is 2.20. The highest BCUT2D eigenvalue weighted by atomic mass is 35.5. The third-order valence-corrected chi connectivity index (χ3v) is 3.60. The van der Waals surface area contributed by atoms with Crippen LogP contribution in [0.2, 0.25) is 5.02 Å². The monoisotopic (exact) mass is 342 g/mol. The molecule has 0 bridgehead atoms. The van der Waals surface area contributed by atoms with E-state index in [1.165, 1.54) is 6.33 Å². The van der Waals surface area contributed by atoms with Crippen LogP contribution in [0.1, 0.15) is 21.8 Å². The van der Waals surface area contributed by atoms with E-state index in [0.29, 0.717) is 23.1 Å². The molecule has 2 N–H and O–H groups in total. The van der Waals surface area contributed by atoms with Crippen LogP contribution in [0.5, 0.6) is 0 Å². The van der Waals surface area contributed by atoms with Crippen LogP contribution < -0.4 is 10.6 Å². The number of hydrogen-bond acceptors (Lipinski definition) is 5. The summed E-state index contributed by atoms with van der Waals surface area (Å²) in [5.41, 5.74) is 1.83. The summed E-state index contributed by atoms with van der Waals surface area (Å²) in [5, 5.41) is 6.52. The third-order valence-electron chi connectivity index (χ3n) is 3.36. The van der Waals surface area contributed by atoms with Crippen LogP contribution in [0, 0.1) is 6.92 Å². The summed E-state index contributed by atoms with van der Waals surface area (Å²) in [6.45, 7) is 2.35. The summed E-state index contributed by atoms with van der Waals surface area (Å²) in [5.74, 6) is 1.000. The molecule has 1 aromatic carbocycles. The van der Waals surface area contributed by atoms with E-state index in [4.69, 9.17) is 16.0 Å². The van der Waals surface area contributed by atoms with E-state index < -0.39 is 0 Å². The van der Waals surface area contributed by atoms with Gasteiger partial charge in [-0.15, -0.1) is 0 Å². The summed E-state index contributed by atoms with van der Waals surface area (Å²) in [6, 6.07) is 10.5. The Morgan fingerprint density at radius 1 is 1.25 bits per heavy atom. The number of nitrogens with zero attached hydrogens (tertiary/aromatic N) is 2. The number of aromatic nitrogens is 2. The Kier molecular flexibility index (Phi) is 4.77. The SMILES string of the molecule is Cc1cc(Cl)ccc1NC(=O)c1cc(NCc2ccco2)ncn1. The Hall–Kier alpha value is -2.86. The van der Waals surface area contributed by atoms with E-state index in [0.717, 1.165) is 11.3 Å². The molecule has 0 fully saturated rings. The zero-order chi connectivity index (χ0) is 16.9. The van der Waals surface area contributed by atoms with Gasteiger partial charge in [0.2, 0.25) is 0 Å². The molecule has 0 spiro atoms. The van der Waals surface area contributed by atoms with Crippen molar-refractivity contribution in [3.8, 4) is 0 Å². The quantitative estimate of drug-likeness (QED) is 0.735. The summed E-state index contributed by atoms with van der Waals surface area (Å²) >= 11 is 5.92. The fraction of sp³-hybridized carbons (Fsp3) is 0.118. The number of rotatable bonds is 5. The van der Waals surface area contributed by atoms with Crippen molar-refractivity contribution < 1.29 is 9.21 Å². The van der Waals surface area contributed by atoms with Gasteiger partial charge >= 0.3 is 0 Å². The lowest BCUT2D eigenvalue weighted by molar-refractivity contribution is 0.102. The largest absolute Gasteiger partial charge is 0.467 e. The molecular formula is C17H15ClN4O2. The highest BCUT2D eigenvalue weighted by molar-refractivity contribution is 6.30. The summed E-state index contributed by atoms with van der Waals surface area (Å²) in [6.07, 6.45) is 2.94. The Morgan fingerprint density at radius 3 is 2.88 bits per heavy atom. The zero-order valence-electron chi connectivity index (χ0n) is 12.9. The molecule has 0 atom stereocenters. The highest BCUT2D eigenvalue weighted by Gasteiger charge is 2.11. The van der Waals surface area contributed by atoms with Crippen molar-refractivity contribution in [2.45, 2.75) is 13.5 Å². The van der Waals surface area contributed by atoms with Gasteiger partial charge in [-0.3, -0.25) is 4.79 Å². The van der Waals surface area contributed by atoms with Crippen molar-refractivity contribution in [2.24, 2.45) is 0 Å². The fourth-order valence-corrected chi connectivity index (χ4v) is 2.35. The third kappa shape index (κ3) is 3.91. The van der Waals surface area contributed by atoms with Gasteiger partial charge in [0.15, 0.2) is 0 Å². The number of benzene rings is 1. The van der Waals surface area contributed by atoms with Gasteiger partial charge in [-0.2, -0.15) is 0 Å². The second kappa shape index (κ2) is 7.14. The number of nitrogens with one attached hydrogen (secondary N) is 2. The predicted octanol–water partition coefficient (Wildman–Crippen LogP) is 3.90. The van der Waals surface area contributed by atoms with E-state index >= 15 is 0 Å². The smallest absolute Gasteiger partial charge is 0.274 e. The topological polar surface area (TPSA) is 80.0 Å². The second-order valence-corrected chi connectivity index (χ2v) is 5.57.